The van der Waals surface area contributed by atoms with Gasteiger partial charge in [-0.1, -0.05) is 24.6 Å². The highest BCUT2D eigenvalue weighted by Gasteiger charge is 2.29. The van der Waals surface area contributed by atoms with Gasteiger partial charge in [0.2, 0.25) is 0 Å². The molecule has 1 unspecified atom stereocenters. The van der Waals surface area contributed by atoms with Crippen molar-refractivity contribution in [1.29, 1.82) is 0 Å². The zero-order valence-electron chi connectivity index (χ0n) is 13.6. The van der Waals surface area contributed by atoms with Crippen LogP contribution in [0.1, 0.15) is 43.0 Å². The zero-order valence-corrected chi connectivity index (χ0v) is 13.6. The molecule has 0 aliphatic rings. The maximum Gasteiger partial charge on any atom is 0.0778 e. The van der Waals surface area contributed by atoms with Crippen molar-refractivity contribution in [1.82, 2.24) is 5.32 Å². The van der Waals surface area contributed by atoms with Crippen LogP contribution >= 0.6 is 0 Å². The van der Waals surface area contributed by atoms with Crippen LogP contribution in [0.15, 0.2) is 12.1 Å². The number of rotatable bonds is 6. The fourth-order valence-corrected chi connectivity index (χ4v) is 2.69. The highest BCUT2D eigenvalue weighted by atomic mass is 16.5. The Morgan fingerprint density at radius 3 is 2.11 bits per heavy atom. The Morgan fingerprint density at radius 2 is 1.68 bits per heavy atom. The second kappa shape index (κ2) is 6.53. The average molecular weight is 263 g/mol. The average Bonchev–Trinajstić information content (AvgIpc) is 2.32. The Morgan fingerprint density at radius 1 is 1.16 bits per heavy atom. The zero-order chi connectivity index (χ0) is 14.6. The van der Waals surface area contributed by atoms with E-state index in [0.717, 1.165) is 13.0 Å². The number of nitrogens with one attached hydrogen (secondary N) is 1. The molecule has 0 saturated heterocycles. The smallest absolute Gasteiger partial charge is 0.0778 e. The molecular weight excluding hydrogens is 234 g/mol. The largest absolute Gasteiger partial charge is 0.377 e. The highest BCUT2D eigenvalue weighted by molar-refractivity contribution is 5.38. The van der Waals surface area contributed by atoms with E-state index < -0.39 is 0 Å². The summed E-state index contributed by atoms with van der Waals surface area (Å²) in [5.41, 5.74) is 5.38. The predicted molar refractivity (Wildman–Crippen MR) is 82.9 cm³/mol. The van der Waals surface area contributed by atoms with Gasteiger partial charge in [0, 0.05) is 13.2 Å². The summed E-state index contributed by atoms with van der Waals surface area (Å²) in [7, 11) is 1.79. The molecule has 2 nitrogen and oxygen atoms in total. The summed E-state index contributed by atoms with van der Waals surface area (Å²) in [5, 5.41) is 3.57. The molecule has 0 spiro atoms. The van der Waals surface area contributed by atoms with Crippen molar-refractivity contribution in [2.45, 2.75) is 59.6 Å². The Bertz CT molecular complexity index is 400. The molecule has 0 aromatic heterocycles. The van der Waals surface area contributed by atoms with E-state index in [4.69, 9.17) is 4.74 Å². The van der Waals surface area contributed by atoms with Crippen LogP contribution in [0.25, 0.3) is 0 Å². The summed E-state index contributed by atoms with van der Waals surface area (Å²) in [6.07, 6.45) is 1.01. The Hall–Kier alpha value is -0.860. The maximum absolute atomic E-state index is 5.67. The molecule has 108 valence electrons. The van der Waals surface area contributed by atoms with E-state index in [-0.39, 0.29) is 5.60 Å². The Labute approximate surface area is 118 Å². The van der Waals surface area contributed by atoms with E-state index in [2.05, 4.69) is 59.0 Å². The number of hydrogen-bond donors (Lipinski definition) is 1. The van der Waals surface area contributed by atoms with Gasteiger partial charge in [0.05, 0.1) is 5.60 Å². The van der Waals surface area contributed by atoms with Crippen molar-refractivity contribution in [2.24, 2.45) is 0 Å². The quantitative estimate of drug-likeness (QED) is 0.847. The van der Waals surface area contributed by atoms with Crippen LogP contribution in [-0.2, 0) is 11.2 Å². The standard InChI is InChI=1S/C17H29NO/c1-8-18-16(17(5,6)19-7)11-15-13(3)9-12(2)10-14(15)4/h9-10,16,18H,8,11H2,1-7H3. The fraction of sp³-hybridized carbons (Fsp3) is 0.647. The van der Waals surface area contributed by atoms with Gasteiger partial charge >= 0.3 is 0 Å². The van der Waals surface area contributed by atoms with E-state index in [1.54, 1.807) is 7.11 Å². The summed E-state index contributed by atoms with van der Waals surface area (Å²) in [6, 6.07) is 4.86. The molecule has 0 aliphatic heterocycles. The van der Waals surface area contributed by atoms with Crippen molar-refractivity contribution in [3.8, 4) is 0 Å². The number of methoxy groups -OCH3 is 1. The summed E-state index contributed by atoms with van der Waals surface area (Å²) >= 11 is 0. The molecule has 1 aromatic carbocycles. The van der Waals surface area contributed by atoms with E-state index in [0.29, 0.717) is 6.04 Å². The number of benzene rings is 1. The molecule has 1 atom stereocenters. The molecule has 1 rings (SSSR count). The summed E-state index contributed by atoms with van der Waals surface area (Å²) in [5.74, 6) is 0. The third-order valence-corrected chi connectivity index (χ3v) is 4.06. The lowest BCUT2D eigenvalue weighted by atomic mass is 9.87. The van der Waals surface area contributed by atoms with Crippen molar-refractivity contribution >= 4 is 0 Å². The predicted octanol–water partition coefficient (Wildman–Crippen LogP) is 3.56. The molecule has 0 bridgehead atoms. The lowest BCUT2D eigenvalue weighted by Crippen LogP contribution is -2.49. The number of aryl methyl sites for hydroxylation is 3. The van der Waals surface area contributed by atoms with E-state index >= 15 is 0 Å². The summed E-state index contributed by atoms with van der Waals surface area (Å²) in [4.78, 5) is 0. The van der Waals surface area contributed by atoms with Gasteiger partial charge in [0.15, 0.2) is 0 Å². The van der Waals surface area contributed by atoms with Crippen molar-refractivity contribution in [2.75, 3.05) is 13.7 Å². The van der Waals surface area contributed by atoms with Crippen LogP contribution in [0, 0.1) is 20.8 Å². The highest BCUT2D eigenvalue weighted by Crippen LogP contribution is 2.23. The van der Waals surface area contributed by atoms with Gasteiger partial charge in [-0.3, -0.25) is 0 Å². The van der Waals surface area contributed by atoms with Gasteiger partial charge in [-0.05, 0) is 64.3 Å². The molecule has 1 N–H and O–H groups in total. The lowest BCUT2D eigenvalue weighted by Gasteiger charge is -2.34. The lowest BCUT2D eigenvalue weighted by molar-refractivity contribution is -0.00966. The van der Waals surface area contributed by atoms with Crippen LogP contribution in [0.5, 0.6) is 0 Å². The second-order valence-corrected chi connectivity index (χ2v) is 6.00. The minimum atomic E-state index is -0.167. The van der Waals surface area contributed by atoms with Crippen molar-refractivity contribution in [3.63, 3.8) is 0 Å². The molecule has 19 heavy (non-hydrogen) atoms. The van der Waals surface area contributed by atoms with Crippen molar-refractivity contribution < 1.29 is 4.74 Å². The number of likely N-dealkylation sites (N-methyl/N-ethyl adjacent to an activating group) is 1. The molecule has 0 fully saturated rings. The van der Waals surface area contributed by atoms with Gasteiger partial charge in [0.25, 0.3) is 0 Å². The second-order valence-electron chi connectivity index (χ2n) is 6.00. The molecule has 0 aliphatic carbocycles. The molecule has 0 radical (unpaired) electrons. The first-order valence-electron chi connectivity index (χ1n) is 7.17. The van der Waals surface area contributed by atoms with Gasteiger partial charge in [0.1, 0.15) is 0 Å². The molecular formula is C17H29NO. The molecule has 0 amide bonds. The van der Waals surface area contributed by atoms with Gasteiger partial charge in [-0.2, -0.15) is 0 Å². The first kappa shape index (κ1) is 16.2. The van der Waals surface area contributed by atoms with Crippen LogP contribution in [0.2, 0.25) is 0 Å². The van der Waals surface area contributed by atoms with Crippen LogP contribution in [-0.4, -0.2) is 25.3 Å². The van der Waals surface area contributed by atoms with Gasteiger partial charge < -0.3 is 10.1 Å². The third-order valence-electron chi connectivity index (χ3n) is 4.06. The van der Waals surface area contributed by atoms with E-state index in [9.17, 15) is 0 Å². The number of hydrogen-bond acceptors (Lipinski definition) is 2. The normalized spacial score (nSPS) is 13.6. The maximum atomic E-state index is 5.67. The van der Waals surface area contributed by atoms with E-state index in [1.165, 1.54) is 22.3 Å². The minimum Gasteiger partial charge on any atom is -0.377 e. The monoisotopic (exact) mass is 263 g/mol. The Balaban J connectivity index is 3.04. The molecule has 0 heterocycles. The molecule has 1 aromatic rings. The van der Waals surface area contributed by atoms with Crippen molar-refractivity contribution in [3.05, 3.63) is 34.4 Å². The Kier molecular flexibility index (Phi) is 5.57. The third kappa shape index (κ3) is 4.05. The van der Waals surface area contributed by atoms with Crippen LogP contribution in [0.4, 0.5) is 0 Å². The summed E-state index contributed by atoms with van der Waals surface area (Å²) < 4.78 is 5.67. The van der Waals surface area contributed by atoms with Gasteiger partial charge in [-0.15, -0.1) is 0 Å². The minimum absolute atomic E-state index is 0.167. The van der Waals surface area contributed by atoms with Crippen LogP contribution in [0.3, 0.4) is 0 Å². The molecule has 2 heteroatoms. The van der Waals surface area contributed by atoms with E-state index in [1.807, 2.05) is 0 Å². The van der Waals surface area contributed by atoms with Crippen LogP contribution < -0.4 is 5.32 Å². The first-order chi connectivity index (χ1) is 8.81. The SMILES string of the molecule is CCNC(Cc1c(C)cc(C)cc1C)C(C)(C)OC. The molecule has 0 saturated carbocycles. The first-order valence-corrected chi connectivity index (χ1v) is 7.17. The van der Waals surface area contributed by atoms with Gasteiger partial charge in [-0.25, -0.2) is 0 Å². The summed E-state index contributed by atoms with van der Waals surface area (Å²) in [6.45, 7) is 14.0. The fourth-order valence-electron chi connectivity index (χ4n) is 2.69. The topological polar surface area (TPSA) is 21.3 Å². The number of ether oxygens (including phenoxy) is 1.